The fourth-order valence-corrected chi connectivity index (χ4v) is 4.74. The molecule has 0 spiro atoms. The van der Waals surface area contributed by atoms with Gasteiger partial charge in [-0.15, -0.1) is 0 Å². The summed E-state index contributed by atoms with van der Waals surface area (Å²) in [5, 5.41) is 11.6. The maximum Gasteiger partial charge on any atom is 0.306 e. The van der Waals surface area contributed by atoms with E-state index in [2.05, 4.69) is 38.2 Å². The molecule has 0 saturated carbocycles. The number of nitrogens with zero attached hydrogens (tertiary/aromatic N) is 1. The fourth-order valence-electron chi connectivity index (χ4n) is 4.74. The van der Waals surface area contributed by atoms with Gasteiger partial charge in [-0.25, -0.2) is 0 Å². The van der Waals surface area contributed by atoms with Crippen LogP contribution in [0.2, 0.25) is 0 Å². The summed E-state index contributed by atoms with van der Waals surface area (Å²) >= 11 is 0. The molecule has 0 radical (unpaired) electrons. The van der Waals surface area contributed by atoms with Crippen molar-refractivity contribution >= 4 is 17.9 Å². The van der Waals surface area contributed by atoms with E-state index in [4.69, 9.17) is 18.9 Å². The van der Waals surface area contributed by atoms with E-state index in [1.54, 1.807) is 0 Å². The molecule has 9 heteroatoms. The summed E-state index contributed by atoms with van der Waals surface area (Å²) < 4.78 is 22.3. The van der Waals surface area contributed by atoms with Crippen LogP contribution < -0.4 is 5.11 Å². The van der Waals surface area contributed by atoms with E-state index >= 15 is 0 Å². The molecule has 0 bridgehead atoms. The monoisotopic (exact) mass is 668 g/mol. The van der Waals surface area contributed by atoms with Crippen molar-refractivity contribution in [3.63, 3.8) is 0 Å². The number of esters is 2. The van der Waals surface area contributed by atoms with E-state index in [9.17, 15) is 19.5 Å². The summed E-state index contributed by atoms with van der Waals surface area (Å²) in [5.74, 6) is -2.32. The summed E-state index contributed by atoms with van der Waals surface area (Å²) in [4.78, 5) is 36.5. The number of likely N-dealkylation sites (N-methyl/N-ethyl adjacent to an activating group) is 1. The maximum absolute atomic E-state index is 12.6. The van der Waals surface area contributed by atoms with Crippen LogP contribution in [0.15, 0.2) is 24.3 Å². The average molecular weight is 668 g/mol. The summed E-state index contributed by atoms with van der Waals surface area (Å²) in [6.07, 6.45) is 26.6. The Morgan fingerprint density at radius 3 is 1.70 bits per heavy atom. The van der Waals surface area contributed by atoms with Gasteiger partial charge in [-0.1, -0.05) is 109 Å². The quantitative estimate of drug-likeness (QED) is 0.0237. The van der Waals surface area contributed by atoms with Gasteiger partial charge in [-0.05, 0) is 44.9 Å². The lowest BCUT2D eigenvalue weighted by Crippen LogP contribution is -2.44. The van der Waals surface area contributed by atoms with Crippen molar-refractivity contribution in [3.8, 4) is 0 Å². The molecule has 0 aromatic heterocycles. The molecular formula is C38H69NO8. The Morgan fingerprint density at radius 2 is 1.15 bits per heavy atom. The number of carbonyl (C=O) groups excluding carboxylic acids is 3. The van der Waals surface area contributed by atoms with Crippen molar-refractivity contribution in [3.05, 3.63) is 24.3 Å². The first-order valence-corrected chi connectivity index (χ1v) is 18.5. The normalized spacial score (nSPS) is 13.3. The predicted molar refractivity (Wildman–Crippen MR) is 186 cm³/mol. The average Bonchev–Trinajstić information content (AvgIpc) is 3.02. The van der Waals surface area contributed by atoms with Crippen molar-refractivity contribution in [1.29, 1.82) is 0 Å². The molecule has 0 N–H and O–H groups in total. The van der Waals surface area contributed by atoms with Gasteiger partial charge in [0.1, 0.15) is 13.2 Å². The Balaban J connectivity index is 4.50. The number of carboxylic acid groups (broad SMARTS) is 1. The van der Waals surface area contributed by atoms with Crippen molar-refractivity contribution in [2.45, 2.75) is 155 Å². The Bertz CT molecular complexity index is 836. The van der Waals surface area contributed by atoms with Crippen LogP contribution in [0.5, 0.6) is 0 Å². The molecule has 0 aliphatic heterocycles. The molecule has 0 aromatic carbocycles. The van der Waals surface area contributed by atoms with Crippen LogP contribution in [0.25, 0.3) is 0 Å². The first-order chi connectivity index (χ1) is 22.6. The number of quaternary nitrogens is 1. The Labute approximate surface area is 287 Å². The first-order valence-electron chi connectivity index (χ1n) is 18.5. The summed E-state index contributed by atoms with van der Waals surface area (Å²) in [6.45, 7) is 4.61. The van der Waals surface area contributed by atoms with Gasteiger partial charge in [0.05, 0.1) is 40.3 Å². The fraction of sp³-hybridized carbons (Fsp3) is 0.816. The van der Waals surface area contributed by atoms with E-state index in [-0.39, 0.29) is 38.6 Å². The molecule has 0 heterocycles. The highest BCUT2D eigenvalue weighted by Gasteiger charge is 2.21. The SMILES string of the molecule is CCCCCC/C=C\C/C=C\CCCCCCCC(=O)OC(COC(=O)CCCCCCCC)COC(OCC[N+](C)(C)C)C(=O)[O-]. The van der Waals surface area contributed by atoms with Crippen molar-refractivity contribution in [1.82, 2.24) is 0 Å². The number of allylic oxidation sites excluding steroid dienone is 4. The van der Waals surface area contributed by atoms with E-state index in [0.717, 1.165) is 64.2 Å². The lowest BCUT2D eigenvalue weighted by molar-refractivity contribution is -0.870. The standard InChI is InChI=1S/C38H69NO8/c1-6-8-10-12-14-15-16-17-18-19-20-21-22-23-25-27-29-36(41)47-34(32-45-35(40)28-26-24-13-11-9-7-2)33-46-38(37(42)43)44-31-30-39(3,4)5/h15-16,18-19,34,38H,6-14,17,20-33H2,1-5H3/b16-15-,19-18-. The molecule has 0 aromatic rings. The van der Waals surface area contributed by atoms with Gasteiger partial charge in [-0.3, -0.25) is 9.59 Å². The summed E-state index contributed by atoms with van der Waals surface area (Å²) in [6, 6.07) is 0. The van der Waals surface area contributed by atoms with Gasteiger partial charge in [0.15, 0.2) is 12.4 Å². The third-order valence-corrected chi connectivity index (χ3v) is 7.70. The molecule has 47 heavy (non-hydrogen) atoms. The number of hydrogen-bond donors (Lipinski definition) is 0. The Kier molecular flexibility index (Phi) is 29.6. The number of unbranched alkanes of at least 4 members (excludes halogenated alkanes) is 14. The second kappa shape index (κ2) is 31.1. The van der Waals surface area contributed by atoms with E-state index in [1.165, 1.54) is 44.9 Å². The van der Waals surface area contributed by atoms with E-state index < -0.39 is 24.3 Å². The van der Waals surface area contributed by atoms with Gasteiger partial charge in [0, 0.05) is 12.8 Å². The molecule has 0 rings (SSSR count). The molecule has 274 valence electrons. The number of carboxylic acids is 1. The highest BCUT2D eigenvalue weighted by molar-refractivity contribution is 5.70. The number of ether oxygens (including phenoxy) is 4. The number of aliphatic carboxylic acids is 1. The number of hydrogen-bond acceptors (Lipinski definition) is 8. The van der Waals surface area contributed by atoms with Gasteiger partial charge in [0.25, 0.3) is 0 Å². The van der Waals surface area contributed by atoms with Crippen LogP contribution in [0.4, 0.5) is 0 Å². The molecule has 0 aliphatic rings. The van der Waals surface area contributed by atoms with Gasteiger partial charge < -0.3 is 33.3 Å². The zero-order valence-corrected chi connectivity index (χ0v) is 30.6. The second-order valence-electron chi connectivity index (χ2n) is 13.5. The first kappa shape index (κ1) is 44.8. The molecule has 9 nitrogen and oxygen atoms in total. The van der Waals surface area contributed by atoms with Crippen LogP contribution in [-0.4, -0.2) is 82.3 Å². The lowest BCUT2D eigenvalue weighted by Gasteiger charge is -2.26. The van der Waals surface area contributed by atoms with Crippen LogP contribution in [0.1, 0.15) is 142 Å². The molecule has 0 amide bonds. The number of carbonyl (C=O) groups is 3. The zero-order valence-electron chi connectivity index (χ0n) is 30.6. The Hall–Kier alpha value is -2.23. The second-order valence-corrected chi connectivity index (χ2v) is 13.5. The highest BCUT2D eigenvalue weighted by Crippen LogP contribution is 2.12. The highest BCUT2D eigenvalue weighted by atomic mass is 16.7. The smallest absolute Gasteiger partial charge is 0.306 e. The van der Waals surface area contributed by atoms with Crippen LogP contribution in [0, 0.1) is 0 Å². The summed E-state index contributed by atoms with van der Waals surface area (Å²) in [7, 11) is 5.88. The van der Waals surface area contributed by atoms with Gasteiger partial charge >= 0.3 is 11.9 Å². The molecule has 0 saturated heterocycles. The van der Waals surface area contributed by atoms with Crippen molar-refractivity contribution in [2.24, 2.45) is 0 Å². The molecule has 2 unspecified atom stereocenters. The number of rotatable bonds is 33. The molecule has 0 fully saturated rings. The zero-order chi connectivity index (χ0) is 35.0. The molecule has 0 aliphatic carbocycles. The lowest BCUT2D eigenvalue weighted by atomic mass is 10.1. The van der Waals surface area contributed by atoms with Crippen LogP contribution in [0.3, 0.4) is 0 Å². The Morgan fingerprint density at radius 1 is 0.638 bits per heavy atom. The third kappa shape index (κ3) is 32.1. The topological polar surface area (TPSA) is 111 Å². The van der Waals surface area contributed by atoms with Crippen molar-refractivity contribution < 1.29 is 42.9 Å². The van der Waals surface area contributed by atoms with Crippen LogP contribution in [-0.2, 0) is 33.3 Å². The van der Waals surface area contributed by atoms with Gasteiger partial charge in [-0.2, -0.15) is 0 Å². The minimum Gasteiger partial charge on any atom is -0.545 e. The van der Waals surface area contributed by atoms with Crippen molar-refractivity contribution in [2.75, 3.05) is 47.5 Å². The van der Waals surface area contributed by atoms with Gasteiger partial charge in [0.2, 0.25) is 0 Å². The molecule has 2 atom stereocenters. The maximum atomic E-state index is 12.6. The predicted octanol–water partition coefficient (Wildman–Crippen LogP) is 7.21. The minimum atomic E-state index is -1.62. The largest absolute Gasteiger partial charge is 0.545 e. The van der Waals surface area contributed by atoms with E-state index in [0.29, 0.717) is 17.4 Å². The van der Waals surface area contributed by atoms with Crippen LogP contribution >= 0.6 is 0 Å². The minimum absolute atomic E-state index is 0.146. The molecular weight excluding hydrogens is 598 g/mol. The summed E-state index contributed by atoms with van der Waals surface area (Å²) in [5.41, 5.74) is 0. The third-order valence-electron chi connectivity index (χ3n) is 7.70. The van der Waals surface area contributed by atoms with E-state index in [1.807, 2.05) is 21.1 Å².